The van der Waals surface area contributed by atoms with Gasteiger partial charge in [-0.3, -0.25) is 0 Å². The smallest absolute Gasteiger partial charge is 0.140 e. The summed E-state index contributed by atoms with van der Waals surface area (Å²) in [5, 5.41) is 7.74. The summed E-state index contributed by atoms with van der Waals surface area (Å²) in [5.41, 5.74) is 0. The molecule has 0 saturated carbocycles. The summed E-state index contributed by atoms with van der Waals surface area (Å²) in [6, 6.07) is 0. The molecule has 0 amide bonds. The Labute approximate surface area is 105 Å². The highest BCUT2D eigenvalue weighted by Gasteiger charge is 2.07. The van der Waals surface area contributed by atoms with Crippen molar-refractivity contribution >= 4 is 0 Å². The lowest BCUT2D eigenvalue weighted by molar-refractivity contribution is 0.425. The van der Waals surface area contributed by atoms with Crippen LogP contribution in [-0.4, -0.2) is 21.3 Å². The van der Waals surface area contributed by atoms with Crippen molar-refractivity contribution in [1.82, 2.24) is 20.1 Å². The molecule has 0 unspecified atom stereocenters. The molecule has 0 aliphatic heterocycles. The van der Waals surface area contributed by atoms with Gasteiger partial charge in [0.15, 0.2) is 0 Å². The lowest BCUT2D eigenvalue weighted by Crippen LogP contribution is -2.24. The van der Waals surface area contributed by atoms with Crippen molar-refractivity contribution in [2.75, 3.05) is 6.54 Å². The summed E-state index contributed by atoms with van der Waals surface area (Å²) in [7, 11) is 0. The summed E-state index contributed by atoms with van der Waals surface area (Å²) in [6.07, 6.45) is 4.13. The van der Waals surface area contributed by atoms with Crippen LogP contribution in [0.25, 0.3) is 0 Å². The third kappa shape index (κ3) is 4.86. The predicted octanol–water partition coefficient (Wildman–Crippen LogP) is 2.46. The number of nitrogens with zero attached hydrogens (tertiary/aromatic N) is 3. The van der Waals surface area contributed by atoms with Crippen molar-refractivity contribution in [2.24, 2.45) is 11.8 Å². The quantitative estimate of drug-likeness (QED) is 0.756. The first kappa shape index (κ1) is 14.2. The molecule has 17 heavy (non-hydrogen) atoms. The molecule has 4 nitrogen and oxygen atoms in total. The lowest BCUT2D eigenvalue weighted by atomic mass is 10.0. The first-order valence-electron chi connectivity index (χ1n) is 6.74. The average Bonchev–Trinajstić information content (AvgIpc) is 2.71. The summed E-state index contributed by atoms with van der Waals surface area (Å²) in [5.74, 6) is 2.43. The zero-order valence-electron chi connectivity index (χ0n) is 11.6. The Balaban J connectivity index is 2.38. The third-order valence-electron chi connectivity index (χ3n) is 3.10. The van der Waals surface area contributed by atoms with E-state index in [4.69, 9.17) is 0 Å². The van der Waals surface area contributed by atoms with Gasteiger partial charge in [0.1, 0.15) is 12.2 Å². The van der Waals surface area contributed by atoms with Crippen molar-refractivity contribution < 1.29 is 0 Å². The maximum atomic E-state index is 4.31. The number of hydrogen-bond donors (Lipinski definition) is 1. The maximum absolute atomic E-state index is 4.31. The van der Waals surface area contributed by atoms with Crippen LogP contribution >= 0.6 is 0 Å². The van der Waals surface area contributed by atoms with Gasteiger partial charge in [0, 0.05) is 6.54 Å². The highest BCUT2D eigenvalue weighted by atomic mass is 15.3. The number of aromatic nitrogens is 3. The second-order valence-electron chi connectivity index (χ2n) is 5.07. The van der Waals surface area contributed by atoms with E-state index in [-0.39, 0.29) is 0 Å². The van der Waals surface area contributed by atoms with Crippen molar-refractivity contribution in [1.29, 1.82) is 0 Å². The summed E-state index contributed by atoms with van der Waals surface area (Å²) < 4.78 is 2.00. The molecule has 0 atom stereocenters. The number of rotatable bonds is 8. The van der Waals surface area contributed by atoms with Crippen LogP contribution in [0.4, 0.5) is 0 Å². The van der Waals surface area contributed by atoms with Gasteiger partial charge in [-0.15, -0.1) is 0 Å². The third-order valence-corrected chi connectivity index (χ3v) is 3.10. The molecule has 1 heterocycles. The molecule has 0 bridgehead atoms. The molecule has 0 aliphatic carbocycles. The standard InChI is InChI=1S/C13H26N4/c1-5-12(6-2)7-14-8-13-15-10-16-17(13)9-11(3)4/h10-12,14H,5-9H2,1-4H3. The fourth-order valence-corrected chi connectivity index (χ4v) is 1.89. The molecule has 0 radical (unpaired) electrons. The average molecular weight is 238 g/mol. The van der Waals surface area contributed by atoms with Gasteiger partial charge in [0.2, 0.25) is 0 Å². The van der Waals surface area contributed by atoms with Gasteiger partial charge in [-0.25, -0.2) is 9.67 Å². The van der Waals surface area contributed by atoms with Crippen molar-refractivity contribution in [2.45, 2.75) is 53.6 Å². The van der Waals surface area contributed by atoms with Gasteiger partial charge >= 0.3 is 0 Å². The number of hydrogen-bond acceptors (Lipinski definition) is 3. The fraction of sp³-hybridized carbons (Fsp3) is 0.846. The van der Waals surface area contributed by atoms with E-state index in [0.29, 0.717) is 5.92 Å². The minimum absolute atomic E-state index is 0.606. The molecule has 1 rings (SSSR count). The topological polar surface area (TPSA) is 42.7 Å². The SMILES string of the molecule is CCC(CC)CNCc1ncnn1CC(C)C. The van der Waals surface area contributed by atoms with E-state index in [2.05, 4.69) is 43.1 Å². The monoisotopic (exact) mass is 238 g/mol. The zero-order chi connectivity index (χ0) is 12.7. The van der Waals surface area contributed by atoms with E-state index >= 15 is 0 Å². The van der Waals surface area contributed by atoms with Crippen molar-refractivity contribution in [3.63, 3.8) is 0 Å². The van der Waals surface area contributed by atoms with Crippen LogP contribution < -0.4 is 5.32 Å². The molecule has 0 fully saturated rings. The first-order chi connectivity index (χ1) is 8.17. The molecule has 1 aromatic heterocycles. The largest absolute Gasteiger partial charge is 0.310 e. The van der Waals surface area contributed by atoms with Crippen LogP contribution in [0.15, 0.2) is 6.33 Å². The minimum atomic E-state index is 0.606. The second-order valence-corrected chi connectivity index (χ2v) is 5.07. The van der Waals surface area contributed by atoms with Crippen LogP contribution in [-0.2, 0) is 13.1 Å². The predicted molar refractivity (Wildman–Crippen MR) is 70.6 cm³/mol. The van der Waals surface area contributed by atoms with Gasteiger partial charge in [-0.2, -0.15) is 5.10 Å². The molecule has 0 saturated heterocycles. The normalized spacial score (nSPS) is 11.6. The molecule has 0 aromatic carbocycles. The molecule has 1 N–H and O–H groups in total. The van der Waals surface area contributed by atoms with E-state index in [0.717, 1.165) is 31.4 Å². The van der Waals surface area contributed by atoms with Crippen LogP contribution in [0, 0.1) is 11.8 Å². The molecule has 0 spiro atoms. The summed E-state index contributed by atoms with van der Waals surface area (Å²) >= 11 is 0. The second kappa shape index (κ2) is 7.43. The molecule has 0 aliphatic rings. The lowest BCUT2D eigenvalue weighted by Gasteiger charge is -2.13. The van der Waals surface area contributed by atoms with Gasteiger partial charge < -0.3 is 5.32 Å². The van der Waals surface area contributed by atoms with E-state index in [1.165, 1.54) is 12.8 Å². The Morgan fingerprint density at radius 2 is 2.00 bits per heavy atom. The molecule has 4 heteroatoms. The van der Waals surface area contributed by atoms with E-state index in [1.54, 1.807) is 6.33 Å². The molecule has 1 aromatic rings. The van der Waals surface area contributed by atoms with Gasteiger partial charge in [0.05, 0.1) is 6.54 Å². The highest BCUT2D eigenvalue weighted by molar-refractivity contribution is 4.84. The maximum Gasteiger partial charge on any atom is 0.140 e. The summed E-state index contributed by atoms with van der Waals surface area (Å²) in [4.78, 5) is 4.31. The zero-order valence-corrected chi connectivity index (χ0v) is 11.6. The van der Waals surface area contributed by atoms with Gasteiger partial charge in [-0.1, -0.05) is 40.5 Å². The van der Waals surface area contributed by atoms with Crippen molar-refractivity contribution in [3.8, 4) is 0 Å². The van der Waals surface area contributed by atoms with Gasteiger partial charge in [0.25, 0.3) is 0 Å². The Kier molecular flexibility index (Phi) is 6.19. The Morgan fingerprint density at radius 1 is 1.29 bits per heavy atom. The fourth-order valence-electron chi connectivity index (χ4n) is 1.89. The summed E-state index contributed by atoms with van der Waals surface area (Å²) in [6.45, 7) is 11.7. The van der Waals surface area contributed by atoms with E-state index in [1.807, 2.05) is 4.68 Å². The van der Waals surface area contributed by atoms with E-state index < -0.39 is 0 Å². The van der Waals surface area contributed by atoms with Crippen LogP contribution in [0.5, 0.6) is 0 Å². The Hall–Kier alpha value is -0.900. The minimum Gasteiger partial charge on any atom is -0.310 e. The van der Waals surface area contributed by atoms with Crippen LogP contribution in [0.2, 0.25) is 0 Å². The Morgan fingerprint density at radius 3 is 2.59 bits per heavy atom. The van der Waals surface area contributed by atoms with Crippen LogP contribution in [0.1, 0.15) is 46.4 Å². The first-order valence-corrected chi connectivity index (χ1v) is 6.74. The van der Waals surface area contributed by atoms with E-state index in [9.17, 15) is 0 Å². The van der Waals surface area contributed by atoms with Crippen LogP contribution in [0.3, 0.4) is 0 Å². The van der Waals surface area contributed by atoms with Crippen molar-refractivity contribution in [3.05, 3.63) is 12.2 Å². The van der Waals surface area contributed by atoms with Gasteiger partial charge in [-0.05, 0) is 18.4 Å². The Bertz CT molecular complexity index is 302. The highest BCUT2D eigenvalue weighted by Crippen LogP contribution is 2.06. The molecule has 98 valence electrons. The number of nitrogens with one attached hydrogen (secondary N) is 1. The molecular weight excluding hydrogens is 212 g/mol. The molecular formula is C13H26N4.